The number of hydrogen-bond donors (Lipinski definition) is 6. The van der Waals surface area contributed by atoms with Crippen LogP contribution in [0.25, 0.3) is 0 Å². The van der Waals surface area contributed by atoms with E-state index in [4.69, 9.17) is 0 Å². The quantitative estimate of drug-likeness (QED) is 0.304. The predicted molar refractivity (Wildman–Crippen MR) is 70.0 cm³/mol. The maximum atomic E-state index is 4.21. The summed E-state index contributed by atoms with van der Waals surface area (Å²) in [6.45, 7) is 0. The topological polar surface area (TPSA) is 0 Å². The predicted octanol–water partition coefficient (Wildman–Crippen LogP) is 3.42. The van der Waals surface area contributed by atoms with E-state index >= 15 is 0 Å². The Hall–Kier alpha value is 1.84. The maximum absolute atomic E-state index is 4.21. The van der Waals surface area contributed by atoms with E-state index in [1.54, 1.807) is 0 Å². The Kier molecular flexibility index (Phi) is 6.62. The summed E-state index contributed by atoms with van der Waals surface area (Å²) in [5.41, 5.74) is 0. The van der Waals surface area contributed by atoms with Crippen LogP contribution in [0.3, 0.4) is 0 Å². The minimum absolute atomic E-state index is 0. The second kappa shape index (κ2) is 5.80. The van der Waals surface area contributed by atoms with Crippen molar-refractivity contribution in [3.05, 3.63) is 0 Å². The van der Waals surface area contributed by atoms with Gasteiger partial charge in [0.15, 0.2) is 0 Å². The number of benzene rings is 1. The molecule has 0 N–H and O–H groups in total. The zero-order valence-electron chi connectivity index (χ0n) is 5.98. The first kappa shape index (κ1) is 14.8. The second-order valence-electron chi connectivity index (χ2n) is 2.09. The summed E-state index contributed by atoms with van der Waals surface area (Å²) in [7, 11) is 0. The summed E-state index contributed by atoms with van der Waals surface area (Å²) >= 11 is 25.3. The van der Waals surface area contributed by atoms with Crippen LogP contribution in [-0.4, -0.2) is 0 Å². The molecule has 0 saturated heterocycles. The fraction of sp³-hybridized carbons (Fsp3) is 0. The molecule has 0 bridgehead atoms. The van der Waals surface area contributed by atoms with E-state index in [9.17, 15) is 0 Å². The molecule has 1 aromatic carbocycles. The van der Waals surface area contributed by atoms with Crippen molar-refractivity contribution in [2.45, 2.75) is 29.4 Å². The molecule has 0 unspecified atom stereocenters. The molecule has 0 atom stereocenters. The second-order valence-corrected chi connectivity index (χ2v) is 4.77. The normalized spacial score (nSPS) is 9.69. The van der Waals surface area contributed by atoms with Crippen molar-refractivity contribution in [3.63, 3.8) is 0 Å². The largest absolute Gasteiger partial charge is 0.141 e. The van der Waals surface area contributed by atoms with Gasteiger partial charge in [-0.2, -0.15) is 0 Å². The first-order valence-corrected chi connectivity index (χ1v) is 5.52. The Morgan fingerprint density at radius 1 is 0.385 bits per heavy atom. The van der Waals surface area contributed by atoms with Gasteiger partial charge in [0, 0.05) is 46.4 Å². The van der Waals surface area contributed by atoms with Crippen LogP contribution in [0.15, 0.2) is 29.4 Å². The zero-order valence-corrected chi connectivity index (χ0v) is 12.3. The summed E-state index contributed by atoms with van der Waals surface area (Å²) < 4.78 is 0. The van der Waals surface area contributed by atoms with Gasteiger partial charge in [0.1, 0.15) is 0 Å². The van der Waals surface area contributed by atoms with Crippen LogP contribution in [0, 0.1) is 0 Å². The molecule has 1 radical (unpaired) electrons. The summed E-state index contributed by atoms with van der Waals surface area (Å²) in [5.74, 6) is 0. The van der Waals surface area contributed by atoms with E-state index in [2.05, 4.69) is 75.8 Å². The van der Waals surface area contributed by atoms with Crippen LogP contribution < -0.4 is 0 Å². The molecular weight excluding hydrogens is 328 g/mol. The first-order chi connectivity index (χ1) is 5.46. The van der Waals surface area contributed by atoms with Crippen molar-refractivity contribution in [2.24, 2.45) is 0 Å². The van der Waals surface area contributed by atoms with E-state index in [-0.39, 0.29) is 17.1 Å². The third-order valence-corrected chi connectivity index (χ3v) is 5.09. The van der Waals surface area contributed by atoms with Crippen LogP contribution in [0.5, 0.6) is 0 Å². The summed E-state index contributed by atoms with van der Waals surface area (Å²) in [6.07, 6.45) is 0. The van der Waals surface area contributed by atoms with Gasteiger partial charge in [0.2, 0.25) is 0 Å². The Morgan fingerprint density at radius 2 is 0.462 bits per heavy atom. The minimum Gasteiger partial charge on any atom is -0.141 e. The Balaban J connectivity index is 0.00000144. The average molecular weight is 334 g/mol. The van der Waals surface area contributed by atoms with Crippen molar-refractivity contribution >= 4 is 75.8 Å². The van der Waals surface area contributed by atoms with E-state index in [1.165, 1.54) is 0 Å². The fourth-order valence-corrected chi connectivity index (χ4v) is 2.54. The average Bonchev–Trinajstić information content (AvgIpc) is 2.08. The van der Waals surface area contributed by atoms with Gasteiger partial charge in [-0.05, 0) is 0 Å². The van der Waals surface area contributed by atoms with Gasteiger partial charge in [-0.15, -0.1) is 75.8 Å². The first-order valence-electron chi connectivity index (χ1n) is 2.84. The minimum atomic E-state index is 0. The van der Waals surface area contributed by atoms with Gasteiger partial charge >= 0.3 is 0 Å². The molecule has 0 aromatic heterocycles. The van der Waals surface area contributed by atoms with Crippen molar-refractivity contribution < 1.29 is 17.1 Å². The number of rotatable bonds is 0. The van der Waals surface area contributed by atoms with Gasteiger partial charge in [-0.1, -0.05) is 0 Å². The third kappa shape index (κ3) is 2.91. The van der Waals surface area contributed by atoms with Crippen molar-refractivity contribution in [2.75, 3.05) is 0 Å². The van der Waals surface area contributed by atoms with E-state index in [0.717, 1.165) is 0 Å². The molecule has 0 fully saturated rings. The van der Waals surface area contributed by atoms with Crippen LogP contribution in [0.2, 0.25) is 0 Å². The standard InChI is InChI=1S/C6H6S6.Cu/c7-1-2(8)4(10)6(12)5(11)3(1)9;/h7-12H;. The van der Waals surface area contributed by atoms with E-state index < -0.39 is 0 Å². The molecule has 0 aliphatic carbocycles. The maximum Gasteiger partial charge on any atom is 0.0331 e. The van der Waals surface area contributed by atoms with Crippen molar-refractivity contribution in [1.29, 1.82) is 0 Å². The van der Waals surface area contributed by atoms with E-state index in [1.807, 2.05) is 0 Å². The molecule has 0 aliphatic rings. The Morgan fingerprint density at radius 3 is 0.538 bits per heavy atom. The molecular formula is C6H6CuS6. The zero-order chi connectivity index (χ0) is 9.46. The fourth-order valence-electron chi connectivity index (χ4n) is 0.673. The van der Waals surface area contributed by atoms with Crippen molar-refractivity contribution in [3.8, 4) is 0 Å². The number of hydrogen-bond acceptors (Lipinski definition) is 6. The molecule has 13 heavy (non-hydrogen) atoms. The van der Waals surface area contributed by atoms with Gasteiger partial charge < -0.3 is 0 Å². The Labute approximate surface area is 121 Å². The molecule has 0 spiro atoms. The smallest absolute Gasteiger partial charge is 0.0331 e. The van der Waals surface area contributed by atoms with Crippen LogP contribution in [-0.2, 0) is 17.1 Å². The van der Waals surface area contributed by atoms with Crippen molar-refractivity contribution in [1.82, 2.24) is 0 Å². The van der Waals surface area contributed by atoms with Gasteiger partial charge in [-0.25, -0.2) is 0 Å². The molecule has 7 heteroatoms. The molecule has 0 nitrogen and oxygen atoms in total. The van der Waals surface area contributed by atoms with Crippen LogP contribution in [0.4, 0.5) is 0 Å². The molecule has 0 aliphatic heterocycles. The molecule has 0 saturated carbocycles. The summed E-state index contributed by atoms with van der Waals surface area (Å²) in [5, 5.41) is 0. The molecule has 0 amide bonds. The van der Waals surface area contributed by atoms with Crippen LogP contribution in [0.1, 0.15) is 0 Å². The molecule has 1 aromatic rings. The van der Waals surface area contributed by atoms with E-state index in [0.29, 0.717) is 29.4 Å². The molecule has 0 heterocycles. The SMILES string of the molecule is Sc1c(S)c(S)c(S)c(S)c1S.[Cu]. The van der Waals surface area contributed by atoms with Crippen LogP contribution >= 0.6 is 75.8 Å². The van der Waals surface area contributed by atoms with Gasteiger partial charge in [0.25, 0.3) is 0 Å². The monoisotopic (exact) mass is 333 g/mol. The molecule has 77 valence electrons. The third-order valence-electron chi connectivity index (χ3n) is 1.35. The number of thiol groups is 6. The summed E-state index contributed by atoms with van der Waals surface area (Å²) in [6, 6.07) is 0. The Bertz CT molecular complexity index is 231. The summed E-state index contributed by atoms with van der Waals surface area (Å²) in [4.78, 5) is 4.05. The molecule has 1 rings (SSSR count). The van der Waals surface area contributed by atoms with Gasteiger partial charge in [-0.3, -0.25) is 0 Å². The van der Waals surface area contributed by atoms with Gasteiger partial charge in [0.05, 0.1) is 0 Å².